The number of ether oxygens (including phenoxy) is 1. The van der Waals surface area contributed by atoms with Gasteiger partial charge in [0.2, 0.25) is 0 Å². The zero-order chi connectivity index (χ0) is 12.0. The summed E-state index contributed by atoms with van der Waals surface area (Å²) in [4.78, 5) is 15.1. The van der Waals surface area contributed by atoms with Gasteiger partial charge in [-0.15, -0.1) is 0 Å². The van der Waals surface area contributed by atoms with Crippen molar-refractivity contribution in [3.8, 4) is 5.75 Å². The summed E-state index contributed by atoms with van der Waals surface area (Å²) < 4.78 is 5.40. The lowest BCUT2D eigenvalue weighted by atomic mass is 10.2. The van der Waals surface area contributed by atoms with Crippen LogP contribution in [0.2, 0.25) is 0 Å². The summed E-state index contributed by atoms with van der Waals surface area (Å²) in [6.07, 6.45) is 1.56. The maximum Gasteiger partial charge on any atom is 0.258 e. The van der Waals surface area contributed by atoms with Gasteiger partial charge in [-0.1, -0.05) is 6.92 Å². The molecule has 1 unspecified atom stereocenters. The maximum absolute atomic E-state index is 11.0. The van der Waals surface area contributed by atoms with E-state index in [2.05, 4.69) is 10.3 Å². The molecular weight excluding hydrogens is 206 g/mol. The van der Waals surface area contributed by atoms with E-state index in [0.717, 1.165) is 5.69 Å². The highest BCUT2D eigenvalue weighted by Crippen LogP contribution is 2.12. The molecule has 5 nitrogen and oxygen atoms in total. The molecule has 1 aromatic rings. The van der Waals surface area contributed by atoms with Gasteiger partial charge in [0.1, 0.15) is 5.75 Å². The summed E-state index contributed by atoms with van der Waals surface area (Å²) >= 11 is 0. The van der Waals surface area contributed by atoms with Crippen molar-refractivity contribution in [3.63, 3.8) is 0 Å². The van der Waals surface area contributed by atoms with Crippen LogP contribution in [0, 0.1) is 0 Å². The first-order valence-electron chi connectivity index (χ1n) is 5.22. The van der Waals surface area contributed by atoms with E-state index in [1.807, 2.05) is 20.0 Å². The average Bonchev–Trinajstić information content (AvgIpc) is 2.28. The lowest BCUT2D eigenvalue weighted by molar-refractivity contribution is -0.124. The Kier molecular flexibility index (Phi) is 4.72. The highest BCUT2D eigenvalue weighted by atomic mass is 16.5. The van der Waals surface area contributed by atoms with Crippen LogP contribution in [-0.4, -0.2) is 24.0 Å². The van der Waals surface area contributed by atoms with E-state index in [0.29, 0.717) is 18.7 Å². The second-order valence-corrected chi connectivity index (χ2v) is 3.43. The van der Waals surface area contributed by atoms with Crippen molar-refractivity contribution in [1.29, 1.82) is 0 Å². The predicted molar refractivity (Wildman–Crippen MR) is 60.9 cm³/mol. The van der Waals surface area contributed by atoms with Gasteiger partial charge in [-0.3, -0.25) is 9.78 Å². The summed E-state index contributed by atoms with van der Waals surface area (Å²) in [5, 5.41) is 3.00. The molecule has 0 aliphatic heterocycles. The number of nitrogens with zero attached hydrogens (tertiary/aromatic N) is 1. The number of carbonyl (C=O) groups is 1. The molecule has 1 amide bonds. The van der Waals surface area contributed by atoms with Crippen LogP contribution in [0.3, 0.4) is 0 Å². The van der Waals surface area contributed by atoms with Gasteiger partial charge < -0.3 is 15.8 Å². The largest absolute Gasteiger partial charge is 0.479 e. The van der Waals surface area contributed by atoms with Crippen LogP contribution in [0.25, 0.3) is 0 Å². The molecule has 0 aromatic carbocycles. The van der Waals surface area contributed by atoms with Crippen molar-refractivity contribution in [2.45, 2.75) is 26.0 Å². The number of amides is 1. The highest BCUT2D eigenvalue weighted by molar-refractivity contribution is 5.79. The van der Waals surface area contributed by atoms with E-state index in [-0.39, 0.29) is 0 Å². The molecular formula is C11H17N3O2. The Bertz CT molecular complexity index is 338. The molecule has 0 aliphatic carbocycles. The molecule has 0 aliphatic rings. The number of hydrogen-bond donors (Lipinski definition) is 2. The monoisotopic (exact) mass is 223 g/mol. The molecule has 0 saturated carbocycles. The van der Waals surface area contributed by atoms with Crippen LogP contribution in [0.4, 0.5) is 0 Å². The zero-order valence-electron chi connectivity index (χ0n) is 9.56. The lowest BCUT2D eigenvalue weighted by Gasteiger charge is -2.13. The van der Waals surface area contributed by atoms with Crippen LogP contribution in [0.1, 0.15) is 19.0 Å². The normalized spacial score (nSPS) is 12.1. The molecule has 16 heavy (non-hydrogen) atoms. The molecule has 0 fully saturated rings. The SMILES string of the molecule is CCC(Oc1ccc(CNC)nc1)C(N)=O. The Hall–Kier alpha value is -1.62. The number of carbonyl (C=O) groups excluding carboxylic acids is 1. The fourth-order valence-electron chi connectivity index (χ4n) is 1.27. The average molecular weight is 223 g/mol. The van der Waals surface area contributed by atoms with E-state index in [4.69, 9.17) is 10.5 Å². The van der Waals surface area contributed by atoms with E-state index >= 15 is 0 Å². The second-order valence-electron chi connectivity index (χ2n) is 3.43. The first kappa shape index (κ1) is 12.4. The fraction of sp³-hybridized carbons (Fsp3) is 0.455. The Labute approximate surface area is 95.0 Å². The van der Waals surface area contributed by atoms with E-state index in [9.17, 15) is 4.79 Å². The summed E-state index contributed by atoms with van der Waals surface area (Å²) in [7, 11) is 1.85. The summed E-state index contributed by atoms with van der Waals surface area (Å²) in [6, 6.07) is 3.63. The predicted octanol–water partition coefficient (Wildman–Crippen LogP) is 0.444. The van der Waals surface area contributed by atoms with Crippen molar-refractivity contribution in [3.05, 3.63) is 24.0 Å². The number of pyridine rings is 1. The van der Waals surface area contributed by atoms with Crippen molar-refractivity contribution in [2.75, 3.05) is 7.05 Å². The number of nitrogens with two attached hydrogens (primary N) is 1. The molecule has 5 heteroatoms. The zero-order valence-corrected chi connectivity index (χ0v) is 9.56. The van der Waals surface area contributed by atoms with Crippen molar-refractivity contribution >= 4 is 5.91 Å². The molecule has 0 saturated heterocycles. The maximum atomic E-state index is 11.0. The first-order valence-corrected chi connectivity index (χ1v) is 5.22. The van der Waals surface area contributed by atoms with Crippen LogP contribution >= 0.6 is 0 Å². The molecule has 1 rings (SSSR count). The first-order chi connectivity index (χ1) is 7.67. The van der Waals surface area contributed by atoms with Gasteiger partial charge in [0.15, 0.2) is 6.10 Å². The molecule has 1 aromatic heterocycles. The molecule has 1 heterocycles. The number of hydrogen-bond acceptors (Lipinski definition) is 4. The van der Waals surface area contributed by atoms with Crippen LogP contribution in [0.15, 0.2) is 18.3 Å². The van der Waals surface area contributed by atoms with Gasteiger partial charge in [-0.2, -0.15) is 0 Å². The van der Waals surface area contributed by atoms with Crippen molar-refractivity contribution in [1.82, 2.24) is 10.3 Å². The van der Waals surface area contributed by atoms with E-state index in [1.54, 1.807) is 12.3 Å². The smallest absolute Gasteiger partial charge is 0.258 e. The Morgan fingerprint density at radius 1 is 1.62 bits per heavy atom. The standard InChI is InChI=1S/C11H17N3O2/c1-3-10(11(12)15)16-9-5-4-8(6-13-2)14-7-9/h4-5,7,10,13H,3,6H2,1-2H3,(H2,12,15). The molecule has 0 spiro atoms. The third-order valence-corrected chi connectivity index (χ3v) is 2.12. The van der Waals surface area contributed by atoms with Gasteiger partial charge >= 0.3 is 0 Å². The van der Waals surface area contributed by atoms with Gasteiger partial charge in [0.05, 0.1) is 11.9 Å². The number of aromatic nitrogens is 1. The molecule has 1 atom stereocenters. The number of rotatable bonds is 6. The summed E-state index contributed by atoms with van der Waals surface area (Å²) in [5.74, 6) is 0.104. The third kappa shape index (κ3) is 3.51. The molecule has 88 valence electrons. The Morgan fingerprint density at radius 2 is 2.38 bits per heavy atom. The van der Waals surface area contributed by atoms with Gasteiger partial charge in [-0.25, -0.2) is 0 Å². The minimum Gasteiger partial charge on any atom is -0.479 e. The Morgan fingerprint density at radius 3 is 2.81 bits per heavy atom. The topological polar surface area (TPSA) is 77.2 Å². The third-order valence-electron chi connectivity index (χ3n) is 2.12. The van der Waals surface area contributed by atoms with E-state index < -0.39 is 12.0 Å². The number of primary amides is 1. The van der Waals surface area contributed by atoms with E-state index in [1.165, 1.54) is 0 Å². The van der Waals surface area contributed by atoms with Gasteiger partial charge in [0, 0.05) is 6.54 Å². The number of nitrogens with one attached hydrogen (secondary N) is 1. The van der Waals surface area contributed by atoms with Crippen molar-refractivity contribution in [2.24, 2.45) is 5.73 Å². The van der Waals surface area contributed by atoms with Crippen LogP contribution < -0.4 is 15.8 Å². The minimum atomic E-state index is -0.586. The highest BCUT2D eigenvalue weighted by Gasteiger charge is 2.14. The van der Waals surface area contributed by atoms with Crippen molar-refractivity contribution < 1.29 is 9.53 Å². The fourth-order valence-corrected chi connectivity index (χ4v) is 1.27. The van der Waals surface area contributed by atoms with Crippen LogP contribution in [-0.2, 0) is 11.3 Å². The molecule has 3 N–H and O–H groups in total. The Balaban J connectivity index is 2.63. The minimum absolute atomic E-state index is 0.457. The molecule has 0 bridgehead atoms. The molecule has 0 radical (unpaired) electrons. The van der Waals surface area contributed by atoms with Gasteiger partial charge in [-0.05, 0) is 25.6 Å². The lowest BCUT2D eigenvalue weighted by Crippen LogP contribution is -2.33. The summed E-state index contributed by atoms with van der Waals surface area (Å²) in [5.41, 5.74) is 6.10. The van der Waals surface area contributed by atoms with Crippen LogP contribution in [0.5, 0.6) is 5.75 Å². The van der Waals surface area contributed by atoms with Gasteiger partial charge in [0.25, 0.3) is 5.91 Å². The quantitative estimate of drug-likeness (QED) is 0.733. The second kappa shape index (κ2) is 6.07. The summed E-state index contributed by atoms with van der Waals surface area (Å²) in [6.45, 7) is 2.55.